The summed E-state index contributed by atoms with van der Waals surface area (Å²) in [7, 11) is 0. The van der Waals surface area contributed by atoms with Crippen molar-refractivity contribution in [1.82, 2.24) is 0 Å². The van der Waals surface area contributed by atoms with Crippen LogP contribution in [0, 0.1) is 285 Å². The van der Waals surface area contributed by atoms with Gasteiger partial charge < -0.3 is 0 Å². The van der Waals surface area contributed by atoms with Crippen LogP contribution in [0.2, 0.25) is 0 Å². The highest BCUT2D eigenvalue weighted by atomic mass is 14.8. The van der Waals surface area contributed by atoms with Crippen LogP contribution in [0.4, 0.5) is 0 Å². The Labute approximate surface area is 856 Å². The van der Waals surface area contributed by atoms with Crippen molar-refractivity contribution < 1.29 is 0 Å². The highest BCUT2D eigenvalue weighted by molar-refractivity contribution is 5.22. The van der Waals surface area contributed by atoms with E-state index >= 15 is 0 Å². The quantitative estimate of drug-likeness (QED) is 0.223. The van der Waals surface area contributed by atoms with Crippen LogP contribution in [0.5, 0.6) is 0 Å². The Bertz CT molecular complexity index is 3850. The van der Waals surface area contributed by atoms with Gasteiger partial charge in [-0.3, -0.25) is 0 Å². The molecule has 34 unspecified atom stereocenters. The van der Waals surface area contributed by atoms with Crippen LogP contribution >= 0.6 is 0 Å². The van der Waals surface area contributed by atoms with Gasteiger partial charge in [-0.05, 0) is 542 Å². The zero-order valence-electron chi connectivity index (χ0n) is 99.6. The second-order valence-corrected chi connectivity index (χ2v) is 67.8. The SMILES string of the molecule is CC1(C)CC2CCC1(C)C2(C)C.CC1(C)CC2CCC1(C)C2(C)C.CC1(C)CC2CCC1(C)C2(C)C.CC1(C)CC2CCC1(C)C2(C)C.CC[C@@]1(C)CC2CC1C1C3CCC(C3)C21.CC[C@@]1(C)CC2CC1C1C3CCC(C3)C21.CC[C@@]1(C)CC2CC1C1CCCC21.CC[C@@]1(C)CC2CC1C1CCCC21.CC[C@@]1(C)CC2CCC1C2.CC[C@@]1(C)CC2CCC1C2.CC[C@]1(C)C2(C)CCC(C2)C1(C)C. The van der Waals surface area contributed by atoms with Gasteiger partial charge in [0.05, 0.1) is 0 Å². The largest absolute Gasteiger partial charge is 0.0649 e. The molecule has 0 aromatic carbocycles. The van der Waals surface area contributed by atoms with E-state index in [1.165, 1.54) is 226 Å². The van der Waals surface area contributed by atoms with Crippen LogP contribution in [0.25, 0.3) is 0 Å². The lowest BCUT2D eigenvalue weighted by atomic mass is 9.53. The predicted octanol–water partition coefficient (Wildman–Crippen LogP) is 42.1. The van der Waals surface area contributed by atoms with E-state index in [1.807, 2.05) is 0 Å². The van der Waals surface area contributed by atoms with Crippen molar-refractivity contribution in [3.63, 3.8) is 0 Å². The lowest BCUT2D eigenvalue weighted by molar-refractivity contribution is -0.0318. The number of rotatable bonds is 7. The second-order valence-electron chi connectivity index (χ2n) is 67.8. The normalized spacial score (nSPS) is 54.9. The van der Waals surface area contributed by atoms with Crippen LogP contribution in [0.1, 0.15) is 577 Å². The Morgan fingerprint density at radius 3 is 0.672 bits per heavy atom. The van der Waals surface area contributed by atoms with Crippen molar-refractivity contribution in [1.29, 1.82) is 0 Å². The first-order valence-corrected chi connectivity index (χ1v) is 63.6. The molecule has 0 spiro atoms. The lowest BCUT2D eigenvalue weighted by Gasteiger charge is -2.52. The fourth-order valence-corrected chi connectivity index (χ4v) is 49.6. The van der Waals surface area contributed by atoms with Gasteiger partial charge in [-0.25, -0.2) is 0 Å². The first kappa shape index (κ1) is 107. The Kier molecular flexibility index (Phi) is 27.9. The molecule has 28 aliphatic rings. The van der Waals surface area contributed by atoms with Crippen molar-refractivity contribution in [2.45, 2.75) is 577 Å². The standard InChI is InChI=1S/2C15H24.2C13H22.C13H24.4C12H22.2C10H18/c2*1-3-15(2)8-11-7-12(15)14-10-5-4-9(6-10)13(11)14;2*1-3-13(2)8-9-7-12(13)11-6-4-5-10(9)11;1-6-13(5)11(2,3)10-7-8-12(13,4)9-10;4*1-10(2)8-9-6-7-12(10,5)11(9,3)4;2*1-3-10(2)7-8-4-5-9(10)6-8/h2*9-14H,3-8H2,1-2H3;2*9-12H,3-8H2,1-2H3;10H,6-9H2,1-5H3;4*9H,6-8H2,1-5H3;2*8-9H,3-7H2,1-2H3/t2*9?,10?,11?,12?,13?,14?,15-;2*9?,10?,11?,12?,13-;10?,12?,13-;;;;;2*8?,9?,10-/m00000....00/s1. The molecule has 0 saturated heterocycles. The summed E-state index contributed by atoms with van der Waals surface area (Å²) in [5, 5.41) is 0. The van der Waals surface area contributed by atoms with Crippen LogP contribution < -0.4 is 0 Å². The Hall–Kier alpha value is 0. The van der Waals surface area contributed by atoms with Crippen LogP contribution in [-0.2, 0) is 0 Å². The number of hydrogen-bond donors (Lipinski definition) is 0. The minimum absolute atomic E-state index is 0.578. The van der Waals surface area contributed by atoms with Crippen molar-refractivity contribution in [3.05, 3.63) is 0 Å². The lowest BCUT2D eigenvalue weighted by Crippen LogP contribution is -2.44. The molecule has 0 heterocycles. The van der Waals surface area contributed by atoms with E-state index in [1.54, 1.807) is 154 Å². The minimum atomic E-state index is 0.578. The van der Waals surface area contributed by atoms with E-state index in [-0.39, 0.29) is 0 Å². The van der Waals surface area contributed by atoms with Crippen LogP contribution in [-0.4, -0.2) is 0 Å². The van der Waals surface area contributed by atoms with E-state index in [0.29, 0.717) is 81.2 Å². The van der Waals surface area contributed by atoms with E-state index in [4.69, 9.17) is 0 Å². The molecule has 0 amide bonds. The molecule has 0 nitrogen and oxygen atoms in total. The minimum Gasteiger partial charge on any atom is -0.0649 e. The molecule has 0 aliphatic heterocycles. The predicted molar refractivity (Wildman–Crippen MR) is 593 cm³/mol. The number of hydrogen-bond acceptors (Lipinski definition) is 0. The summed E-state index contributed by atoms with van der Waals surface area (Å²) in [6, 6.07) is 0. The monoisotopic (exact) mass is 1890 g/mol. The van der Waals surface area contributed by atoms with Gasteiger partial charge in [0.25, 0.3) is 0 Å². The molecule has 788 valence electrons. The van der Waals surface area contributed by atoms with Gasteiger partial charge >= 0.3 is 0 Å². The van der Waals surface area contributed by atoms with E-state index in [2.05, 4.69) is 256 Å². The third-order valence-corrected chi connectivity index (χ3v) is 62.7. The third kappa shape index (κ3) is 16.1. The van der Waals surface area contributed by atoms with E-state index in [9.17, 15) is 0 Å². The van der Waals surface area contributed by atoms with E-state index in [0.717, 1.165) is 145 Å². The molecule has 41 atom stereocenters. The van der Waals surface area contributed by atoms with Crippen LogP contribution in [0.15, 0.2) is 0 Å². The van der Waals surface area contributed by atoms with Crippen molar-refractivity contribution in [3.8, 4) is 0 Å². The molecular formula is C137H240. The van der Waals surface area contributed by atoms with Gasteiger partial charge in [0.1, 0.15) is 0 Å². The first-order valence-electron chi connectivity index (χ1n) is 63.6. The maximum absolute atomic E-state index is 2.60. The average molecular weight is 1890 g/mol. The highest BCUT2D eigenvalue weighted by Crippen LogP contribution is 2.81. The molecule has 28 fully saturated rings. The molecule has 0 radical (unpaired) electrons. The van der Waals surface area contributed by atoms with E-state index < -0.39 is 0 Å². The van der Waals surface area contributed by atoms with Gasteiger partial charge in [-0.2, -0.15) is 0 Å². The summed E-state index contributed by atoms with van der Waals surface area (Å²) in [4.78, 5) is 0. The summed E-state index contributed by atoms with van der Waals surface area (Å²) in [5.41, 5.74) is 13.4. The molecule has 28 aliphatic carbocycles. The molecule has 0 aromatic rings. The maximum Gasteiger partial charge on any atom is -0.0220 e. The molecule has 28 saturated carbocycles. The molecule has 28 rings (SSSR count). The summed E-state index contributed by atoms with van der Waals surface area (Å²) in [5.74, 6) is 32.6. The fourth-order valence-electron chi connectivity index (χ4n) is 49.6. The second kappa shape index (κ2) is 35.8. The smallest absolute Gasteiger partial charge is 0.0220 e. The van der Waals surface area contributed by atoms with Crippen LogP contribution in [0.3, 0.4) is 0 Å². The summed E-state index contributed by atoms with van der Waals surface area (Å²) < 4.78 is 0. The average Bonchev–Trinajstić information content (AvgIpc) is 1.56. The molecule has 0 heteroatoms. The Morgan fingerprint density at radius 1 is 0.182 bits per heavy atom. The van der Waals surface area contributed by atoms with Crippen molar-refractivity contribution in [2.75, 3.05) is 0 Å². The topological polar surface area (TPSA) is 0 Å². The highest BCUT2D eigenvalue weighted by Gasteiger charge is 2.73. The third-order valence-electron chi connectivity index (χ3n) is 62.7. The summed E-state index contributed by atoms with van der Waals surface area (Å²) >= 11 is 0. The number of fused-ring (bicyclic) bond motifs is 42. The maximum atomic E-state index is 2.60. The summed E-state index contributed by atoms with van der Waals surface area (Å²) in [6.07, 6.45) is 76.0. The Morgan fingerprint density at radius 2 is 0.453 bits per heavy atom. The molecule has 26 bridgehead atoms. The zero-order valence-corrected chi connectivity index (χ0v) is 99.6. The van der Waals surface area contributed by atoms with Crippen molar-refractivity contribution >= 4 is 0 Å². The summed E-state index contributed by atoms with van der Waals surface area (Å²) in [6.45, 7) is 91.8. The Balaban J connectivity index is 0.000000100. The molecular weight excluding hydrogens is 1650 g/mol. The van der Waals surface area contributed by atoms with Gasteiger partial charge in [-0.15, -0.1) is 0 Å². The first-order chi connectivity index (χ1) is 63.6. The van der Waals surface area contributed by atoms with Gasteiger partial charge in [-0.1, -0.05) is 320 Å². The molecule has 0 aromatic heterocycles. The van der Waals surface area contributed by atoms with Gasteiger partial charge in [0.15, 0.2) is 0 Å². The van der Waals surface area contributed by atoms with Gasteiger partial charge in [0.2, 0.25) is 0 Å². The van der Waals surface area contributed by atoms with Crippen molar-refractivity contribution in [2.24, 2.45) is 285 Å². The molecule has 0 N–H and O–H groups in total. The van der Waals surface area contributed by atoms with Gasteiger partial charge in [0, 0.05) is 0 Å². The fraction of sp³-hybridized carbons (Fsp3) is 1.00. The zero-order chi connectivity index (χ0) is 99.6. The molecule has 137 heavy (non-hydrogen) atoms.